The largest absolute Gasteiger partial charge is 0.273 e. The second-order valence-electron chi connectivity index (χ2n) is 6.05. The highest BCUT2D eigenvalue weighted by atomic mass is 32.2. The number of aryl methyl sites for hydroxylation is 1. The van der Waals surface area contributed by atoms with E-state index in [1.54, 1.807) is 0 Å². The van der Waals surface area contributed by atoms with E-state index in [-0.39, 0.29) is 16.9 Å². The molecule has 0 radical (unpaired) electrons. The van der Waals surface area contributed by atoms with Crippen molar-refractivity contribution >= 4 is 21.8 Å². The van der Waals surface area contributed by atoms with Gasteiger partial charge < -0.3 is 0 Å². The predicted molar refractivity (Wildman–Crippen MR) is 94.7 cm³/mol. The van der Waals surface area contributed by atoms with Crippen LogP contribution in [0.3, 0.4) is 0 Å². The molecule has 2 amide bonds. The Balaban J connectivity index is 1.57. The van der Waals surface area contributed by atoms with Crippen molar-refractivity contribution in [2.45, 2.75) is 30.7 Å². The summed E-state index contributed by atoms with van der Waals surface area (Å²) in [5, 5.41) is 3.87. The van der Waals surface area contributed by atoms with Gasteiger partial charge in [0, 0.05) is 25.1 Å². The number of hydrazine groups is 1. The minimum atomic E-state index is -3.61. The fraction of sp³-hybridized carbons (Fsp3) is 0.375. The molecule has 0 unspecified atom stereocenters. The average molecular weight is 392 g/mol. The molecule has 1 aliphatic heterocycles. The second kappa shape index (κ2) is 8.27. The summed E-state index contributed by atoms with van der Waals surface area (Å²) in [7, 11) is -3.61. The van der Waals surface area contributed by atoms with Crippen molar-refractivity contribution in [2.75, 3.05) is 13.1 Å². The van der Waals surface area contributed by atoms with Gasteiger partial charge in [-0.15, -0.1) is 0 Å². The molecule has 27 heavy (non-hydrogen) atoms. The van der Waals surface area contributed by atoms with Gasteiger partial charge in [0.05, 0.1) is 11.4 Å². The van der Waals surface area contributed by atoms with Crippen LogP contribution in [0.4, 0.5) is 0 Å². The number of sulfonamides is 1. The first-order chi connectivity index (χ1) is 13.0. The Hall–Kier alpha value is -2.79. The first kappa shape index (κ1) is 19.0. The molecule has 0 aliphatic carbocycles. The van der Waals surface area contributed by atoms with Crippen LogP contribution in [0.2, 0.25) is 0 Å². The molecule has 2 aromatic rings. The zero-order valence-electron chi connectivity index (χ0n) is 14.5. The smallest absolute Gasteiger partial charge is 0.269 e. The summed E-state index contributed by atoms with van der Waals surface area (Å²) in [5.41, 5.74) is 4.73. The summed E-state index contributed by atoms with van der Waals surface area (Å²) >= 11 is 0. The quantitative estimate of drug-likeness (QED) is 0.662. The zero-order valence-corrected chi connectivity index (χ0v) is 15.4. The van der Waals surface area contributed by atoms with Crippen LogP contribution in [0.15, 0.2) is 41.8 Å². The number of nitrogens with zero attached hydrogens (tertiary/aromatic N) is 4. The van der Waals surface area contributed by atoms with Gasteiger partial charge in [0.2, 0.25) is 15.9 Å². The Bertz CT molecular complexity index is 907. The second-order valence-corrected chi connectivity index (χ2v) is 7.99. The standard InChI is InChI=1S/C16H20N6O4S/c23-15(6-9-21-12-17-11-18-21)19-20-16(24)13-4-3-5-14(10-13)27(25,26)22-7-1-2-8-22/h3-5,10-12H,1-2,6-9H2,(H,19,23)(H,20,24). The summed E-state index contributed by atoms with van der Waals surface area (Å²) in [4.78, 5) is 27.8. The highest BCUT2D eigenvalue weighted by molar-refractivity contribution is 7.89. The maximum Gasteiger partial charge on any atom is 0.269 e. The van der Waals surface area contributed by atoms with E-state index < -0.39 is 21.8 Å². The molecule has 0 spiro atoms. The number of carbonyl (C=O) groups is 2. The molecule has 1 aromatic heterocycles. The van der Waals surface area contributed by atoms with Gasteiger partial charge in [0.25, 0.3) is 5.91 Å². The predicted octanol–water partition coefficient (Wildman–Crippen LogP) is -0.0861. The van der Waals surface area contributed by atoms with Crippen molar-refractivity contribution in [1.82, 2.24) is 29.9 Å². The maximum atomic E-state index is 12.6. The highest BCUT2D eigenvalue weighted by Crippen LogP contribution is 2.21. The lowest BCUT2D eigenvalue weighted by Crippen LogP contribution is -2.42. The Morgan fingerprint density at radius 3 is 2.63 bits per heavy atom. The molecular weight excluding hydrogens is 372 g/mol. The third-order valence-corrected chi connectivity index (χ3v) is 6.04. The average Bonchev–Trinajstić information content (AvgIpc) is 3.38. The molecule has 2 heterocycles. The van der Waals surface area contributed by atoms with Gasteiger partial charge >= 0.3 is 0 Å². The van der Waals surface area contributed by atoms with E-state index >= 15 is 0 Å². The van der Waals surface area contributed by atoms with E-state index in [0.717, 1.165) is 12.8 Å². The molecule has 10 nitrogen and oxygen atoms in total. The molecule has 1 aliphatic rings. The van der Waals surface area contributed by atoms with E-state index in [1.165, 1.54) is 45.9 Å². The van der Waals surface area contributed by atoms with Crippen LogP contribution in [-0.4, -0.2) is 52.4 Å². The monoisotopic (exact) mass is 392 g/mol. The van der Waals surface area contributed by atoms with Crippen molar-refractivity contribution < 1.29 is 18.0 Å². The third-order valence-electron chi connectivity index (χ3n) is 4.15. The van der Waals surface area contributed by atoms with Gasteiger partial charge in [0.1, 0.15) is 12.7 Å². The van der Waals surface area contributed by atoms with Crippen LogP contribution >= 0.6 is 0 Å². The summed E-state index contributed by atoms with van der Waals surface area (Å²) in [6.45, 7) is 1.30. The number of hydrogen-bond donors (Lipinski definition) is 2. The molecule has 11 heteroatoms. The van der Waals surface area contributed by atoms with Crippen LogP contribution in [0, 0.1) is 0 Å². The van der Waals surface area contributed by atoms with Gasteiger partial charge in [-0.3, -0.25) is 25.1 Å². The summed E-state index contributed by atoms with van der Waals surface area (Å²) < 4.78 is 28.1. The van der Waals surface area contributed by atoms with E-state index in [9.17, 15) is 18.0 Å². The first-order valence-corrected chi connectivity index (χ1v) is 9.92. The van der Waals surface area contributed by atoms with Crippen LogP contribution in [0.1, 0.15) is 29.6 Å². The molecule has 0 atom stereocenters. The van der Waals surface area contributed by atoms with Gasteiger partial charge in [-0.05, 0) is 31.0 Å². The molecule has 1 aromatic carbocycles. The van der Waals surface area contributed by atoms with Gasteiger partial charge in [-0.2, -0.15) is 9.40 Å². The number of amides is 2. The SMILES string of the molecule is O=C(CCn1cncn1)NNC(=O)c1cccc(S(=O)(=O)N2CCCC2)c1. The molecule has 3 rings (SSSR count). The first-order valence-electron chi connectivity index (χ1n) is 8.48. The number of aromatic nitrogens is 3. The molecule has 1 saturated heterocycles. The minimum absolute atomic E-state index is 0.0644. The van der Waals surface area contributed by atoms with Crippen LogP contribution < -0.4 is 10.9 Å². The summed E-state index contributed by atoms with van der Waals surface area (Å²) in [6.07, 6.45) is 4.62. The van der Waals surface area contributed by atoms with Crippen molar-refractivity contribution in [3.8, 4) is 0 Å². The van der Waals surface area contributed by atoms with Crippen molar-refractivity contribution in [2.24, 2.45) is 0 Å². The molecular formula is C16H20N6O4S. The van der Waals surface area contributed by atoms with E-state index in [1.807, 2.05) is 0 Å². The Kier molecular flexibility index (Phi) is 5.81. The number of nitrogens with one attached hydrogen (secondary N) is 2. The fourth-order valence-corrected chi connectivity index (χ4v) is 4.26. The van der Waals surface area contributed by atoms with Crippen LogP contribution in [-0.2, 0) is 21.4 Å². The topological polar surface area (TPSA) is 126 Å². The lowest BCUT2D eigenvalue weighted by atomic mass is 10.2. The molecule has 2 N–H and O–H groups in total. The highest BCUT2D eigenvalue weighted by Gasteiger charge is 2.27. The number of carbonyl (C=O) groups excluding carboxylic acids is 2. The Labute approximate surface area is 156 Å². The minimum Gasteiger partial charge on any atom is -0.273 e. The lowest BCUT2D eigenvalue weighted by molar-refractivity contribution is -0.122. The molecule has 0 bridgehead atoms. The van der Waals surface area contributed by atoms with E-state index in [0.29, 0.717) is 19.6 Å². The van der Waals surface area contributed by atoms with Crippen molar-refractivity contribution in [3.63, 3.8) is 0 Å². The summed E-state index contributed by atoms with van der Waals surface area (Å²) in [6, 6.07) is 5.76. The van der Waals surface area contributed by atoms with E-state index in [4.69, 9.17) is 0 Å². The number of rotatable bonds is 6. The third kappa shape index (κ3) is 4.68. The van der Waals surface area contributed by atoms with Gasteiger partial charge in [-0.1, -0.05) is 6.07 Å². The van der Waals surface area contributed by atoms with E-state index in [2.05, 4.69) is 20.9 Å². The molecule has 0 saturated carbocycles. The lowest BCUT2D eigenvalue weighted by Gasteiger charge is -2.16. The number of benzene rings is 1. The number of hydrogen-bond acceptors (Lipinski definition) is 6. The van der Waals surface area contributed by atoms with Crippen LogP contribution in [0.25, 0.3) is 0 Å². The molecule has 144 valence electrons. The van der Waals surface area contributed by atoms with Gasteiger partial charge in [-0.25, -0.2) is 13.4 Å². The molecule has 1 fully saturated rings. The maximum absolute atomic E-state index is 12.6. The fourth-order valence-electron chi connectivity index (χ4n) is 2.70. The Morgan fingerprint density at radius 1 is 1.15 bits per heavy atom. The van der Waals surface area contributed by atoms with Crippen LogP contribution in [0.5, 0.6) is 0 Å². The van der Waals surface area contributed by atoms with Crippen molar-refractivity contribution in [1.29, 1.82) is 0 Å². The normalized spacial score (nSPS) is 14.8. The zero-order chi connectivity index (χ0) is 19.3. The summed E-state index contributed by atoms with van der Waals surface area (Å²) in [5.74, 6) is -0.998. The van der Waals surface area contributed by atoms with Crippen molar-refractivity contribution in [3.05, 3.63) is 42.5 Å². The van der Waals surface area contributed by atoms with Gasteiger partial charge in [0.15, 0.2) is 0 Å². The Morgan fingerprint density at radius 2 is 1.93 bits per heavy atom.